The van der Waals surface area contributed by atoms with Crippen LogP contribution in [0.4, 0.5) is 0 Å². The summed E-state index contributed by atoms with van der Waals surface area (Å²) in [7, 11) is 1.55. The molecule has 0 atom stereocenters. The molecule has 4 rings (SSSR count). The van der Waals surface area contributed by atoms with Crippen LogP contribution in [0.2, 0.25) is 5.02 Å². The van der Waals surface area contributed by atoms with Gasteiger partial charge in [0.15, 0.2) is 17.2 Å². The number of hydrogen-bond donors (Lipinski definition) is 0. The first-order valence-corrected chi connectivity index (χ1v) is 11.7. The largest absolute Gasteiger partial charge is 0.493 e. The Morgan fingerprint density at radius 1 is 1.06 bits per heavy atom. The molecule has 180 valence electrons. The lowest BCUT2D eigenvalue weighted by Crippen LogP contribution is -2.11. The Labute approximate surface area is 211 Å². The number of carbonyl (C=O) groups is 1. The highest BCUT2D eigenvalue weighted by atomic mass is 35.5. The summed E-state index contributed by atoms with van der Waals surface area (Å²) in [5.74, 6) is 0.660. The molecule has 0 N–H and O–H groups in total. The molecule has 0 bridgehead atoms. The van der Waals surface area contributed by atoms with Crippen molar-refractivity contribution in [3.63, 3.8) is 0 Å². The first kappa shape index (κ1) is 24.6. The van der Waals surface area contributed by atoms with Crippen molar-refractivity contribution in [2.75, 3.05) is 7.11 Å². The van der Waals surface area contributed by atoms with Crippen LogP contribution in [0.25, 0.3) is 6.08 Å². The first-order valence-electron chi connectivity index (χ1n) is 11.3. The molecule has 0 radical (unpaired) electrons. The molecule has 0 spiro atoms. The summed E-state index contributed by atoms with van der Waals surface area (Å²) in [5, 5.41) is 0.372. The van der Waals surface area contributed by atoms with Crippen molar-refractivity contribution in [1.29, 1.82) is 0 Å². The van der Waals surface area contributed by atoms with Crippen LogP contribution in [-0.2, 0) is 21.6 Å². The first-order chi connectivity index (χ1) is 16.6. The number of methoxy groups -OCH3 is 1. The van der Waals surface area contributed by atoms with Gasteiger partial charge >= 0.3 is 5.97 Å². The number of rotatable bonds is 6. The Balaban J connectivity index is 1.57. The highest BCUT2D eigenvalue weighted by Gasteiger charge is 2.25. The molecule has 6 heteroatoms. The number of esters is 1. The number of cyclic esters (lactones) is 1. The van der Waals surface area contributed by atoms with Gasteiger partial charge in [0.2, 0.25) is 5.90 Å². The lowest BCUT2D eigenvalue weighted by atomic mass is 9.87. The molecule has 3 aromatic rings. The average Bonchev–Trinajstić information content (AvgIpc) is 3.17. The van der Waals surface area contributed by atoms with Crippen molar-refractivity contribution in [2.24, 2.45) is 4.99 Å². The van der Waals surface area contributed by atoms with Crippen molar-refractivity contribution in [1.82, 2.24) is 0 Å². The number of benzene rings is 3. The quantitative estimate of drug-likeness (QED) is 0.280. The van der Waals surface area contributed by atoms with Gasteiger partial charge < -0.3 is 14.2 Å². The molecule has 1 aliphatic rings. The van der Waals surface area contributed by atoms with Gasteiger partial charge in [0.1, 0.15) is 6.61 Å². The molecular formula is C29H28ClNO4. The smallest absolute Gasteiger partial charge is 0.363 e. The Morgan fingerprint density at radius 3 is 2.46 bits per heavy atom. The predicted molar refractivity (Wildman–Crippen MR) is 139 cm³/mol. The molecule has 0 saturated carbocycles. The van der Waals surface area contributed by atoms with E-state index in [-0.39, 0.29) is 17.0 Å². The number of carbonyl (C=O) groups excluding carboxylic acids is 1. The maximum atomic E-state index is 12.5. The molecule has 1 aliphatic heterocycles. The lowest BCUT2D eigenvalue weighted by molar-refractivity contribution is -0.129. The minimum Gasteiger partial charge on any atom is -0.493 e. The van der Waals surface area contributed by atoms with E-state index >= 15 is 0 Å². The van der Waals surface area contributed by atoms with Crippen molar-refractivity contribution < 1.29 is 19.0 Å². The number of halogens is 1. The normalized spacial score (nSPS) is 14.6. The minimum atomic E-state index is -0.519. The van der Waals surface area contributed by atoms with Crippen LogP contribution in [0, 0.1) is 6.92 Å². The number of ether oxygens (including phenoxy) is 3. The maximum Gasteiger partial charge on any atom is 0.363 e. The predicted octanol–water partition coefficient (Wildman–Crippen LogP) is 6.88. The van der Waals surface area contributed by atoms with E-state index in [1.807, 2.05) is 49.4 Å². The molecule has 0 saturated heterocycles. The van der Waals surface area contributed by atoms with Crippen LogP contribution >= 0.6 is 11.6 Å². The topological polar surface area (TPSA) is 57.1 Å². The fourth-order valence-electron chi connectivity index (χ4n) is 3.72. The van der Waals surface area contributed by atoms with Crippen LogP contribution in [0.3, 0.4) is 0 Å². The van der Waals surface area contributed by atoms with Gasteiger partial charge in [0, 0.05) is 5.56 Å². The molecule has 35 heavy (non-hydrogen) atoms. The maximum absolute atomic E-state index is 12.5. The Bertz CT molecular complexity index is 1320. The van der Waals surface area contributed by atoms with E-state index in [1.54, 1.807) is 25.3 Å². The summed E-state index contributed by atoms with van der Waals surface area (Å²) in [4.78, 5) is 16.9. The molecule has 0 fully saturated rings. The summed E-state index contributed by atoms with van der Waals surface area (Å²) in [6.45, 7) is 8.82. The molecule has 3 aromatic carbocycles. The third-order valence-corrected chi connectivity index (χ3v) is 5.92. The van der Waals surface area contributed by atoms with Crippen LogP contribution < -0.4 is 9.47 Å². The van der Waals surface area contributed by atoms with E-state index in [9.17, 15) is 4.79 Å². The highest BCUT2D eigenvalue weighted by Crippen LogP contribution is 2.38. The van der Waals surface area contributed by atoms with Gasteiger partial charge in [-0.2, -0.15) is 0 Å². The Morgan fingerprint density at radius 2 is 1.80 bits per heavy atom. The SMILES string of the molecule is COc1cc(/C=C2/N=C(c3ccc(C(C)(C)C)cc3)OC2=O)cc(Cl)c1OCc1cccc(C)c1. The second kappa shape index (κ2) is 9.96. The highest BCUT2D eigenvalue weighted by molar-refractivity contribution is 6.32. The number of nitrogens with zero attached hydrogens (tertiary/aromatic N) is 1. The summed E-state index contributed by atoms with van der Waals surface area (Å²) in [5.41, 5.74) is 4.98. The molecule has 0 aliphatic carbocycles. The minimum absolute atomic E-state index is 0.0337. The van der Waals surface area contributed by atoms with Crippen LogP contribution in [-0.4, -0.2) is 19.0 Å². The average molecular weight is 490 g/mol. The molecule has 0 unspecified atom stereocenters. The third-order valence-electron chi connectivity index (χ3n) is 5.64. The fraction of sp³-hybridized carbons (Fsp3) is 0.241. The van der Waals surface area contributed by atoms with Gasteiger partial charge in [-0.3, -0.25) is 0 Å². The van der Waals surface area contributed by atoms with E-state index in [1.165, 1.54) is 5.56 Å². The van der Waals surface area contributed by atoms with Gasteiger partial charge in [-0.1, -0.05) is 74.3 Å². The summed E-state index contributed by atoms with van der Waals surface area (Å²) in [6, 6.07) is 19.4. The van der Waals surface area contributed by atoms with Crippen molar-refractivity contribution in [3.8, 4) is 11.5 Å². The lowest BCUT2D eigenvalue weighted by Gasteiger charge is -2.18. The summed E-state index contributed by atoms with van der Waals surface area (Å²) >= 11 is 6.52. The van der Waals surface area contributed by atoms with E-state index in [2.05, 4.69) is 31.8 Å². The van der Waals surface area contributed by atoms with Crippen LogP contribution in [0.1, 0.15) is 48.6 Å². The van der Waals surface area contributed by atoms with Crippen molar-refractivity contribution in [3.05, 3.63) is 99.2 Å². The summed E-state index contributed by atoms with van der Waals surface area (Å²) in [6.07, 6.45) is 1.62. The van der Waals surface area contributed by atoms with Gasteiger partial charge in [0.25, 0.3) is 0 Å². The zero-order chi connectivity index (χ0) is 25.2. The zero-order valence-corrected chi connectivity index (χ0v) is 21.3. The van der Waals surface area contributed by atoms with Crippen LogP contribution in [0.5, 0.6) is 11.5 Å². The zero-order valence-electron chi connectivity index (χ0n) is 20.5. The molecule has 5 nitrogen and oxygen atoms in total. The van der Waals surface area contributed by atoms with Crippen LogP contribution in [0.15, 0.2) is 71.4 Å². The standard InChI is InChI=1S/C29H28ClNO4/c1-18-7-6-8-19(13-18)17-34-26-23(30)14-20(16-25(26)33-5)15-24-28(32)35-27(31-24)21-9-11-22(12-10-21)29(2,3)4/h6-16H,17H2,1-5H3/b24-15+. The Hall–Kier alpha value is -3.57. The van der Waals surface area contributed by atoms with E-state index in [4.69, 9.17) is 25.8 Å². The summed E-state index contributed by atoms with van der Waals surface area (Å²) < 4.78 is 16.9. The molecule has 0 amide bonds. The molecule has 0 aromatic heterocycles. The van der Waals surface area contributed by atoms with Gasteiger partial charge in [-0.05, 0) is 59.4 Å². The van der Waals surface area contributed by atoms with Crippen molar-refractivity contribution >= 4 is 29.5 Å². The van der Waals surface area contributed by atoms with Gasteiger partial charge in [-0.15, -0.1) is 0 Å². The van der Waals surface area contributed by atoms with Crippen molar-refractivity contribution in [2.45, 2.75) is 39.7 Å². The number of aliphatic imine (C=N–C) groups is 1. The van der Waals surface area contributed by atoms with E-state index < -0.39 is 5.97 Å². The van der Waals surface area contributed by atoms with Gasteiger partial charge in [-0.25, -0.2) is 9.79 Å². The fourth-order valence-corrected chi connectivity index (χ4v) is 4.00. The number of hydrogen-bond acceptors (Lipinski definition) is 5. The van der Waals surface area contributed by atoms with Gasteiger partial charge in [0.05, 0.1) is 12.1 Å². The second-order valence-electron chi connectivity index (χ2n) is 9.48. The monoisotopic (exact) mass is 489 g/mol. The van der Waals surface area contributed by atoms with E-state index in [0.717, 1.165) is 16.7 Å². The second-order valence-corrected chi connectivity index (χ2v) is 9.88. The molecular weight excluding hydrogens is 462 g/mol. The third kappa shape index (κ3) is 5.75. The Kier molecular flexibility index (Phi) is 6.99. The molecule has 1 heterocycles. The number of aryl methyl sites for hydroxylation is 1. The van der Waals surface area contributed by atoms with E-state index in [0.29, 0.717) is 28.7 Å².